The highest BCUT2D eigenvalue weighted by molar-refractivity contribution is 9.12. The maximum absolute atomic E-state index is 12.2. The molecule has 0 atom stereocenters. The SMILES string of the molecule is NC(=O)C1CCN(CC(=O)c2cc(Br)sc2Br)CC1. The Morgan fingerprint density at radius 1 is 1.37 bits per heavy atom. The smallest absolute Gasteiger partial charge is 0.220 e. The van der Waals surface area contributed by atoms with E-state index in [0.717, 1.165) is 33.5 Å². The molecule has 104 valence electrons. The van der Waals surface area contributed by atoms with Gasteiger partial charge in [0.25, 0.3) is 0 Å². The lowest BCUT2D eigenvalue weighted by Gasteiger charge is -2.29. The molecular formula is C12H14Br2N2O2S. The van der Waals surface area contributed by atoms with Crippen molar-refractivity contribution in [2.75, 3.05) is 19.6 Å². The third-order valence-corrected chi connectivity index (χ3v) is 5.65. The second-order valence-electron chi connectivity index (χ2n) is 4.61. The van der Waals surface area contributed by atoms with Crippen LogP contribution in [0.1, 0.15) is 23.2 Å². The number of carbonyl (C=O) groups is 2. The molecule has 2 heterocycles. The lowest BCUT2D eigenvalue weighted by atomic mass is 9.96. The number of nitrogens with two attached hydrogens (primary N) is 1. The van der Waals surface area contributed by atoms with Crippen molar-refractivity contribution in [2.24, 2.45) is 11.7 Å². The first kappa shape index (κ1) is 15.2. The van der Waals surface area contributed by atoms with Crippen molar-refractivity contribution in [3.05, 3.63) is 19.2 Å². The summed E-state index contributed by atoms with van der Waals surface area (Å²) < 4.78 is 1.80. The van der Waals surface area contributed by atoms with Gasteiger partial charge in [-0.25, -0.2) is 0 Å². The van der Waals surface area contributed by atoms with Crippen molar-refractivity contribution in [3.63, 3.8) is 0 Å². The number of rotatable bonds is 4. The van der Waals surface area contributed by atoms with Gasteiger partial charge in [-0.3, -0.25) is 14.5 Å². The van der Waals surface area contributed by atoms with Crippen molar-refractivity contribution in [1.29, 1.82) is 0 Å². The number of thiophene rings is 1. The number of amides is 1. The molecule has 1 aliphatic heterocycles. The molecule has 2 rings (SSSR count). The van der Waals surface area contributed by atoms with Crippen molar-refractivity contribution in [1.82, 2.24) is 4.90 Å². The summed E-state index contributed by atoms with van der Waals surface area (Å²) in [7, 11) is 0. The highest BCUT2D eigenvalue weighted by atomic mass is 79.9. The number of carbonyl (C=O) groups excluding carboxylic acids is 2. The van der Waals surface area contributed by atoms with E-state index in [-0.39, 0.29) is 17.6 Å². The van der Waals surface area contributed by atoms with Gasteiger partial charge in [-0.15, -0.1) is 11.3 Å². The number of Topliss-reactive ketones (excluding diaryl/α,β-unsaturated/α-hetero) is 1. The van der Waals surface area contributed by atoms with E-state index >= 15 is 0 Å². The van der Waals surface area contributed by atoms with Crippen LogP contribution in [0.25, 0.3) is 0 Å². The number of piperidine rings is 1. The molecule has 4 nitrogen and oxygen atoms in total. The first-order valence-corrected chi connectivity index (χ1v) is 8.37. The Hall–Kier alpha value is -0.240. The summed E-state index contributed by atoms with van der Waals surface area (Å²) in [6.45, 7) is 1.90. The van der Waals surface area contributed by atoms with Gasteiger partial charge in [-0.2, -0.15) is 0 Å². The van der Waals surface area contributed by atoms with Crippen LogP contribution in [0, 0.1) is 5.92 Å². The highest BCUT2D eigenvalue weighted by Gasteiger charge is 2.25. The normalized spacial score (nSPS) is 17.6. The average Bonchev–Trinajstić information content (AvgIpc) is 2.69. The minimum Gasteiger partial charge on any atom is -0.369 e. The van der Waals surface area contributed by atoms with E-state index in [2.05, 4.69) is 36.8 Å². The quantitative estimate of drug-likeness (QED) is 0.777. The first-order chi connectivity index (χ1) is 8.97. The first-order valence-electron chi connectivity index (χ1n) is 5.97. The van der Waals surface area contributed by atoms with E-state index in [4.69, 9.17) is 5.73 Å². The molecule has 0 unspecified atom stereocenters. The van der Waals surface area contributed by atoms with Gasteiger partial charge in [0, 0.05) is 11.5 Å². The van der Waals surface area contributed by atoms with Gasteiger partial charge in [0.2, 0.25) is 5.91 Å². The maximum atomic E-state index is 12.2. The van der Waals surface area contributed by atoms with Crippen LogP contribution in [0.4, 0.5) is 0 Å². The van der Waals surface area contributed by atoms with E-state index in [0.29, 0.717) is 12.1 Å². The highest BCUT2D eigenvalue weighted by Crippen LogP contribution is 2.32. The van der Waals surface area contributed by atoms with E-state index in [9.17, 15) is 9.59 Å². The standard InChI is InChI=1S/C12H14Br2N2O2S/c13-10-5-8(11(14)19-10)9(17)6-16-3-1-7(2-4-16)12(15)18/h5,7H,1-4,6H2,(H2,15,18). The minimum atomic E-state index is -0.226. The molecule has 19 heavy (non-hydrogen) atoms. The zero-order valence-electron chi connectivity index (χ0n) is 10.2. The molecule has 0 spiro atoms. The summed E-state index contributed by atoms with van der Waals surface area (Å²) >= 11 is 8.27. The largest absolute Gasteiger partial charge is 0.369 e. The molecule has 1 aliphatic rings. The molecule has 1 amide bonds. The molecule has 0 aromatic carbocycles. The number of likely N-dealkylation sites (tertiary alicyclic amines) is 1. The predicted molar refractivity (Wildman–Crippen MR) is 82.4 cm³/mol. The number of hydrogen-bond donors (Lipinski definition) is 1. The fourth-order valence-corrected chi connectivity index (χ4v) is 5.05. The van der Waals surface area contributed by atoms with E-state index in [1.165, 1.54) is 11.3 Å². The molecular weight excluding hydrogens is 396 g/mol. The van der Waals surface area contributed by atoms with Gasteiger partial charge < -0.3 is 5.73 Å². The van der Waals surface area contributed by atoms with Gasteiger partial charge in [0.15, 0.2) is 5.78 Å². The molecule has 0 radical (unpaired) electrons. The third kappa shape index (κ3) is 3.87. The second kappa shape index (κ2) is 6.47. The van der Waals surface area contributed by atoms with Gasteiger partial charge in [-0.05, 0) is 63.9 Å². The average molecular weight is 410 g/mol. The Labute approximate surface area is 132 Å². The Bertz CT molecular complexity index is 496. The number of hydrogen-bond acceptors (Lipinski definition) is 4. The van der Waals surface area contributed by atoms with Crippen LogP contribution >= 0.6 is 43.2 Å². The van der Waals surface area contributed by atoms with E-state index in [1.54, 1.807) is 0 Å². The summed E-state index contributed by atoms with van der Waals surface area (Å²) in [5.74, 6) is -0.157. The zero-order chi connectivity index (χ0) is 14.0. The topological polar surface area (TPSA) is 63.4 Å². The molecule has 0 saturated carbocycles. The molecule has 0 bridgehead atoms. The summed E-state index contributed by atoms with van der Waals surface area (Å²) in [5, 5.41) is 0. The van der Waals surface area contributed by atoms with Crippen LogP contribution in [0.15, 0.2) is 13.6 Å². The third-order valence-electron chi connectivity index (χ3n) is 3.31. The van der Waals surface area contributed by atoms with Crippen LogP contribution in [0.5, 0.6) is 0 Å². The maximum Gasteiger partial charge on any atom is 0.220 e. The summed E-state index contributed by atoms with van der Waals surface area (Å²) in [6, 6.07) is 1.84. The van der Waals surface area contributed by atoms with E-state index in [1.807, 2.05) is 6.07 Å². The van der Waals surface area contributed by atoms with Crippen molar-refractivity contribution >= 4 is 54.9 Å². The van der Waals surface area contributed by atoms with Crippen molar-refractivity contribution in [3.8, 4) is 0 Å². The lowest BCUT2D eigenvalue weighted by molar-refractivity contribution is -0.123. The van der Waals surface area contributed by atoms with Gasteiger partial charge in [0.1, 0.15) is 0 Å². The number of primary amides is 1. The Morgan fingerprint density at radius 3 is 2.47 bits per heavy atom. The second-order valence-corrected chi connectivity index (χ2v) is 8.36. The number of halogens is 2. The lowest BCUT2D eigenvalue weighted by Crippen LogP contribution is -2.40. The molecule has 1 saturated heterocycles. The fourth-order valence-electron chi connectivity index (χ4n) is 2.19. The van der Waals surface area contributed by atoms with Crippen LogP contribution < -0.4 is 5.73 Å². The Balaban J connectivity index is 1.91. The molecule has 0 aliphatic carbocycles. The molecule has 1 aromatic rings. The molecule has 2 N–H and O–H groups in total. The van der Waals surface area contributed by atoms with Crippen LogP contribution in [0.2, 0.25) is 0 Å². The van der Waals surface area contributed by atoms with Gasteiger partial charge in [0.05, 0.1) is 14.1 Å². The van der Waals surface area contributed by atoms with Crippen LogP contribution in [-0.2, 0) is 4.79 Å². The molecule has 7 heteroatoms. The van der Waals surface area contributed by atoms with Gasteiger partial charge in [-0.1, -0.05) is 0 Å². The van der Waals surface area contributed by atoms with Crippen LogP contribution in [-0.4, -0.2) is 36.2 Å². The Morgan fingerprint density at radius 2 is 2.00 bits per heavy atom. The number of ketones is 1. The minimum absolute atomic E-state index is 0.0339. The van der Waals surface area contributed by atoms with Crippen molar-refractivity contribution in [2.45, 2.75) is 12.8 Å². The van der Waals surface area contributed by atoms with E-state index < -0.39 is 0 Å². The number of nitrogens with zero attached hydrogens (tertiary/aromatic N) is 1. The molecule has 1 fully saturated rings. The summed E-state index contributed by atoms with van der Waals surface area (Å²) in [5.41, 5.74) is 6.01. The van der Waals surface area contributed by atoms with Crippen LogP contribution in [0.3, 0.4) is 0 Å². The zero-order valence-corrected chi connectivity index (χ0v) is 14.2. The fraction of sp³-hybridized carbons (Fsp3) is 0.500. The van der Waals surface area contributed by atoms with Gasteiger partial charge >= 0.3 is 0 Å². The van der Waals surface area contributed by atoms with Crippen molar-refractivity contribution < 1.29 is 9.59 Å². The Kier molecular flexibility index (Phi) is 5.16. The molecule has 1 aromatic heterocycles. The summed E-state index contributed by atoms with van der Waals surface area (Å²) in [4.78, 5) is 25.3. The monoisotopic (exact) mass is 408 g/mol. The summed E-state index contributed by atoms with van der Waals surface area (Å²) in [6.07, 6.45) is 1.49. The predicted octanol–water partition coefficient (Wildman–Crippen LogP) is 2.65.